The van der Waals surface area contributed by atoms with Crippen LogP contribution in [-0.2, 0) is 9.47 Å². The number of rotatable bonds is 4. The lowest BCUT2D eigenvalue weighted by Crippen LogP contribution is -2.04. The molecule has 3 heteroatoms. The highest BCUT2D eigenvalue weighted by atomic mass is 16.7. The Morgan fingerprint density at radius 1 is 1.42 bits per heavy atom. The first-order valence-electron chi connectivity index (χ1n) is 3.79. The van der Waals surface area contributed by atoms with Gasteiger partial charge in [-0.2, -0.15) is 0 Å². The minimum absolute atomic E-state index is 0.362. The first-order valence-corrected chi connectivity index (χ1v) is 3.79. The highest BCUT2D eigenvalue weighted by Gasteiger charge is 1.96. The summed E-state index contributed by atoms with van der Waals surface area (Å²) in [7, 11) is 1.29. The monoisotopic (exact) mass is 170 g/mol. The average molecular weight is 170 g/mol. The minimum atomic E-state index is -0.630. The van der Waals surface area contributed by atoms with Gasteiger partial charge in [0.2, 0.25) is 0 Å². The molecule has 0 fully saturated rings. The number of allylic oxidation sites excluding steroid dienone is 3. The number of hydrogen-bond acceptors (Lipinski definition) is 3. The molecule has 0 aromatic heterocycles. The van der Waals surface area contributed by atoms with Crippen LogP contribution in [0, 0.1) is 0 Å². The summed E-state index contributed by atoms with van der Waals surface area (Å²) in [5.74, 6) is 0. The largest absolute Gasteiger partial charge is 0.507 e. The van der Waals surface area contributed by atoms with Crippen molar-refractivity contribution in [1.29, 1.82) is 0 Å². The van der Waals surface area contributed by atoms with Gasteiger partial charge in [-0.1, -0.05) is 24.3 Å². The van der Waals surface area contributed by atoms with E-state index in [1.807, 2.05) is 31.2 Å². The van der Waals surface area contributed by atoms with E-state index >= 15 is 0 Å². The molecule has 0 spiro atoms. The summed E-state index contributed by atoms with van der Waals surface area (Å²) < 4.78 is 8.91. The van der Waals surface area contributed by atoms with E-state index in [-0.39, 0.29) is 0 Å². The Bertz CT molecular complexity index is 171. The summed E-state index contributed by atoms with van der Waals surface area (Å²) in [5, 5.41) is 0. The van der Waals surface area contributed by atoms with Crippen LogP contribution in [0.1, 0.15) is 13.3 Å². The molecule has 3 nitrogen and oxygen atoms in total. The summed E-state index contributed by atoms with van der Waals surface area (Å²) in [6.07, 6.45) is 7.74. The first-order chi connectivity index (χ1) is 5.81. The summed E-state index contributed by atoms with van der Waals surface area (Å²) in [6, 6.07) is 0. The van der Waals surface area contributed by atoms with Crippen molar-refractivity contribution >= 4 is 6.16 Å². The fourth-order valence-corrected chi connectivity index (χ4v) is 0.555. The Labute approximate surface area is 72.7 Å². The Hall–Kier alpha value is -1.25. The molecule has 0 saturated heterocycles. The van der Waals surface area contributed by atoms with Gasteiger partial charge in [0.05, 0.1) is 13.7 Å². The molecule has 0 atom stereocenters. The molecule has 0 bridgehead atoms. The second-order valence-electron chi connectivity index (χ2n) is 2.05. The Kier molecular flexibility index (Phi) is 7.03. The molecule has 0 rings (SSSR count). The van der Waals surface area contributed by atoms with Crippen LogP contribution in [0.2, 0.25) is 0 Å². The predicted molar refractivity (Wildman–Crippen MR) is 46.9 cm³/mol. The molecule has 0 aromatic rings. The number of carbonyl (C=O) groups is 1. The van der Waals surface area contributed by atoms with Crippen LogP contribution < -0.4 is 0 Å². The predicted octanol–water partition coefficient (Wildman–Crippen LogP) is 2.29. The van der Waals surface area contributed by atoms with Gasteiger partial charge >= 0.3 is 6.16 Å². The molecular formula is C9H14O3. The molecule has 0 aliphatic heterocycles. The highest BCUT2D eigenvalue weighted by Crippen LogP contribution is 1.88. The van der Waals surface area contributed by atoms with Crippen molar-refractivity contribution in [2.45, 2.75) is 13.3 Å². The summed E-state index contributed by atoms with van der Waals surface area (Å²) in [5.41, 5.74) is 0. The SMILES string of the molecule is C/C=C/C=C/CCOC(=O)OC. The average Bonchev–Trinajstić information content (AvgIpc) is 2.10. The van der Waals surface area contributed by atoms with Crippen LogP contribution in [0.15, 0.2) is 24.3 Å². The molecule has 68 valence electrons. The molecule has 0 unspecified atom stereocenters. The van der Waals surface area contributed by atoms with Gasteiger partial charge in [0.25, 0.3) is 0 Å². The molecule has 0 radical (unpaired) electrons. The summed E-state index contributed by atoms with van der Waals surface area (Å²) in [6.45, 7) is 2.30. The smallest absolute Gasteiger partial charge is 0.438 e. The van der Waals surface area contributed by atoms with Crippen molar-refractivity contribution < 1.29 is 14.3 Å². The van der Waals surface area contributed by atoms with Gasteiger partial charge in [0.15, 0.2) is 0 Å². The third-order valence-corrected chi connectivity index (χ3v) is 1.11. The Morgan fingerprint density at radius 3 is 2.75 bits per heavy atom. The van der Waals surface area contributed by atoms with Crippen molar-refractivity contribution in [2.24, 2.45) is 0 Å². The molecule has 0 heterocycles. The van der Waals surface area contributed by atoms with Crippen LogP contribution in [-0.4, -0.2) is 19.9 Å². The Balaban J connectivity index is 3.26. The van der Waals surface area contributed by atoms with Gasteiger partial charge in [-0.25, -0.2) is 4.79 Å². The lowest BCUT2D eigenvalue weighted by Gasteiger charge is -1.98. The van der Waals surface area contributed by atoms with Gasteiger partial charge in [0, 0.05) is 0 Å². The maximum atomic E-state index is 10.4. The minimum Gasteiger partial charge on any atom is -0.438 e. The topological polar surface area (TPSA) is 35.5 Å². The molecule has 0 aliphatic rings. The van der Waals surface area contributed by atoms with Crippen LogP contribution in [0.4, 0.5) is 4.79 Å². The lowest BCUT2D eigenvalue weighted by atomic mass is 10.4. The van der Waals surface area contributed by atoms with E-state index in [4.69, 9.17) is 0 Å². The fraction of sp³-hybridized carbons (Fsp3) is 0.444. The van der Waals surface area contributed by atoms with E-state index in [0.29, 0.717) is 13.0 Å². The van der Waals surface area contributed by atoms with Crippen LogP contribution in [0.25, 0.3) is 0 Å². The molecule has 0 aromatic carbocycles. The Morgan fingerprint density at radius 2 is 2.17 bits per heavy atom. The maximum Gasteiger partial charge on any atom is 0.507 e. The molecule has 0 saturated carbocycles. The standard InChI is InChI=1S/C9H14O3/c1-3-4-5-6-7-8-12-9(10)11-2/h3-6H,7-8H2,1-2H3/b4-3+,6-5+. The highest BCUT2D eigenvalue weighted by molar-refractivity contribution is 5.59. The third-order valence-electron chi connectivity index (χ3n) is 1.11. The van der Waals surface area contributed by atoms with Gasteiger partial charge < -0.3 is 9.47 Å². The second-order valence-corrected chi connectivity index (χ2v) is 2.05. The quantitative estimate of drug-likeness (QED) is 0.369. The summed E-state index contributed by atoms with van der Waals surface area (Å²) in [4.78, 5) is 10.4. The van der Waals surface area contributed by atoms with E-state index in [9.17, 15) is 4.79 Å². The number of ether oxygens (including phenoxy) is 2. The van der Waals surface area contributed by atoms with E-state index in [1.165, 1.54) is 7.11 Å². The molecule has 0 amide bonds. The zero-order valence-corrected chi connectivity index (χ0v) is 7.45. The van der Waals surface area contributed by atoms with Gasteiger partial charge in [0.1, 0.15) is 0 Å². The first kappa shape index (κ1) is 10.8. The van der Waals surface area contributed by atoms with E-state index in [2.05, 4.69) is 9.47 Å². The normalized spacial score (nSPS) is 10.8. The van der Waals surface area contributed by atoms with Crippen LogP contribution in [0.3, 0.4) is 0 Å². The number of hydrogen-bond donors (Lipinski definition) is 0. The van der Waals surface area contributed by atoms with Crippen molar-refractivity contribution in [1.82, 2.24) is 0 Å². The van der Waals surface area contributed by atoms with Crippen LogP contribution in [0.5, 0.6) is 0 Å². The maximum absolute atomic E-state index is 10.4. The summed E-state index contributed by atoms with van der Waals surface area (Å²) >= 11 is 0. The second kappa shape index (κ2) is 7.85. The van der Waals surface area contributed by atoms with Crippen molar-refractivity contribution in [3.05, 3.63) is 24.3 Å². The van der Waals surface area contributed by atoms with Crippen molar-refractivity contribution in [3.8, 4) is 0 Å². The zero-order valence-electron chi connectivity index (χ0n) is 7.45. The molecular weight excluding hydrogens is 156 g/mol. The molecule has 0 aliphatic carbocycles. The number of methoxy groups -OCH3 is 1. The van der Waals surface area contributed by atoms with Gasteiger partial charge in [-0.05, 0) is 13.3 Å². The molecule has 12 heavy (non-hydrogen) atoms. The molecule has 0 N–H and O–H groups in total. The van der Waals surface area contributed by atoms with Gasteiger partial charge in [-0.3, -0.25) is 0 Å². The van der Waals surface area contributed by atoms with E-state index in [0.717, 1.165) is 0 Å². The number of carbonyl (C=O) groups excluding carboxylic acids is 1. The van der Waals surface area contributed by atoms with E-state index < -0.39 is 6.16 Å². The van der Waals surface area contributed by atoms with Crippen molar-refractivity contribution in [3.63, 3.8) is 0 Å². The van der Waals surface area contributed by atoms with E-state index in [1.54, 1.807) is 0 Å². The zero-order chi connectivity index (χ0) is 9.23. The van der Waals surface area contributed by atoms with Crippen LogP contribution >= 0.6 is 0 Å². The fourth-order valence-electron chi connectivity index (χ4n) is 0.555. The third kappa shape index (κ3) is 6.86. The van der Waals surface area contributed by atoms with Gasteiger partial charge in [-0.15, -0.1) is 0 Å². The van der Waals surface area contributed by atoms with Crippen molar-refractivity contribution in [2.75, 3.05) is 13.7 Å². The lowest BCUT2D eigenvalue weighted by molar-refractivity contribution is 0.0741.